The molecule has 0 aliphatic carbocycles. The minimum Gasteiger partial charge on any atom is -0.493 e. The zero-order valence-corrected chi connectivity index (χ0v) is 19.5. The minimum absolute atomic E-state index is 0.210. The molecule has 0 atom stereocenters. The highest BCUT2D eigenvalue weighted by atomic mass is 35.5. The second kappa shape index (κ2) is 16.4. The molecule has 1 aromatic rings. The molecule has 0 bridgehead atoms. The first-order valence-electron chi connectivity index (χ1n) is 10.6. The van der Waals surface area contributed by atoms with Crippen LogP contribution < -0.4 is 9.47 Å². The van der Waals surface area contributed by atoms with E-state index in [1.807, 2.05) is 25.3 Å². The fraction of sp³-hybridized carbons (Fsp3) is 0.609. The van der Waals surface area contributed by atoms with Gasteiger partial charge in [0, 0.05) is 6.21 Å². The molecule has 0 aliphatic heterocycles. The zero-order valence-electron chi connectivity index (χ0n) is 18.0. The van der Waals surface area contributed by atoms with Gasteiger partial charge in [-0.3, -0.25) is 0 Å². The van der Waals surface area contributed by atoms with Crippen LogP contribution in [0.1, 0.15) is 69.9 Å². The van der Waals surface area contributed by atoms with Crippen molar-refractivity contribution in [1.82, 2.24) is 0 Å². The topological polar surface area (TPSA) is 40.0 Å². The Hall–Kier alpha value is -1.39. The number of ether oxygens (including phenoxy) is 2. The first-order chi connectivity index (χ1) is 14.1. The molecule has 0 N–H and O–H groups in total. The van der Waals surface area contributed by atoms with Gasteiger partial charge in [0.05, 0.1) is 6.61 Å². The number of rotatable bonds is 16. The normalized spacial score (nSPS) is 10.9. The molecule has 4 nitrogen and oxygen atoms in total. The minimum atomic E-state index is 0.210. The summed E-state index contributed by atoms with van der Waals surface area (Å²) in [6, 6.07) is 4.00. The molecule has 1 aromatic carbocycles. The highest BCUT2D eigenvalue weighted by Crippen LogP contribution is 2.30. The fourth-order valence-electron chi connectivity index (χ4n) is 2.83. The maximum atomic E-state index is 6.06. The highest BCUT2D eigenvalue weighted by Gasteiger charge is 2.09. The lowest BCUT2D eigenvalue weighted by molar-refractivity contribution is 0.139. The third-order valence-electron chi connectivity index (χ3n) is 4.41. The molecule has 29 heavy (non-hydrogen) atoms. The number of oxime groups is 1. The van der Waals surface area contributed by atoms with E-state index in [0.29, 0.717) is 19.8 Å². The Morgan fingerprint density at radius 3 is 2.52 bits per heavy atom. The van der Waals surface area contributed by atoms with Crippen LogP contribution in [0.15, 0.2) is 27.9 Å². The second-order valence-corrected chi connectivity index (χ2v) is 7.92. The molecule has 0 aliphatic rings. The third kappa shape index (κ3) is 12.0. The molecule has 0 heterocycles. The summed E-state index contributed by atoms with van der Waals surface area (Å²) in [6.07, 6.45) is 12.1. The Morgan fingerprint density at radius 1 is 1.00 bits per heavy atom. The van der Waals surface area contributed by atoms with Gasteiger partial charge in [0.15, 0.2) is 0 Å². The lowest BCUT2D eigenvalue weighted by Crippen LogP contribution is -2.04. The van der Waals surface area contributed by atoms with E-state index in [-0.39, 0.29) is 4.49 Å². The van der Waals surface area contributed by atoms with Crippen molar-refractivity contribution < 1.29 is 14.3 Å². The fourth-order valence-corrected chi connectivity index (χ4v) is 2.95. The van der Waals surface area contributed by atoms with Crippen molar-refractivity contribution in [3.05, 3.63) is 33.8 Å². The summed E-state index contributed by atoms with van der Waals surface area (Å²) in [5, 5.41) is 4.00. The number of hydrogen-bond acceptors (Lipinski definition) is 4. The average molecular weight is 444 g/mol. The van der Waals surface area contributed by atoms with Crippen LogP contribution in [0.3, 0.4) is 0 Å². The van der Waals surface area contributed by atoms with Crippen LogP contribution in [-0.2, 0) is 11.3 Å². The summed E-state index contributed by atoms with van der Waals surface area (Å²) >= 11 is 11.2. The van der Waals surface area contributed by atoms with Gasteiger partial charge < -0.3 is 14.3 Å². The molecule has 0 saturated carbocycles. The van der Waals surface area contributed by atoms with Crippen molar-refractivity contribution in [2.75, 3.05) is 19.8 Å². The Bertz CT molecular complexity index is 629. The summed E-state index contributed by atoms with van der Waals surface area (Å²) < 4.78 is 12.0. The maximum absolute atomic E-state index is 6.06. The predicted molar refractivity (Wildman–Crippen MR) is 124 cm³/mol. The van der Waals surface area contributed by atoms with Crippen LogP contribution >= 0.6 is 23.2 Å². The molecule has 0 spiro atoms. The van der Waals surface area contributed by atoms with E-state index < -0.39 is 0 Å². The van der Waals surface area contributed by atoms with E-state index in [1.165, 1.54) is 19.3 Å². The lowest BCUT2D eigenvalue weighted by atomic mass is 10.1. The van der Waals surface area contributed by atoms with Gasteiger partial charge in [0.25, 0.3) is 0 Å². The Kier molecular flexibility index (Phi) is 14.5. The summed E-state index contributed by atoms with van der Waals surface area (Å²) in [5.41, 5.74) is 2.21. The third-order valence-corrected chi connectivity index (χ3v) is 4.71. The van der Waals surface area contributed by atoms with Crippen molar-refractivity contribution >= 4 is 29.4 Å². The standard InChI is InChI=1S/C23H35Cl2NO3/c1-4-6-7-9-13-26-29-15-11-8-10-14-28-23-19(3)17-21(18-20(23)5-2)27-16-12-22(24)25/h12-13,17-18H,4-11,14-16H2,1-3H3/b26-13+. The van der Waals surface area contributed by atoms with Gasteiger partial charge in [-0.05, 0) is 74.8 Å². The van der Waals surface area contributed by atoms with Crippen LogP contribution in [0, 0.1) is 6.92 Å². The smallest absolute Gasteiger partial charge is 0.125 e. The van der Waals surface area contributed by atoms with E-state index in [0.717, 1.165) is 54.7 Å². The van der Waals surface area contributed by atoms with Crippen LogP contribution in [0.25, 0.3) is 0 Å². The number of nitrogens with zero attached hydrogens (tertiary/aromatic N) is 1. The Labute approximate surface area is 186 Å². The summed E-state index contributed by atoms with van der Waals surface area (Å²) in [7, 11) is 0. The average Bonchev–Trinajstić information content (AvgIpc) is 2.69. The van der Waals surface area contributed by atoms with Crippen LogP contribution in [0.4, 0.5) is 0 Å². The monoisotopic (exact) mass is 443 g/mol. The van der Waals surface area contributed by atoms with Crippen molar-refractivity contribution in [2.45, 2.75) is 72.1 Å². The van der Waals surface area contributed by atoms with Gasteiger partial charge in [-0.2, -0.15) is 0 Å². The molecule has 0 radical (unpaired) electrons. The Balaban J connectivity index is 2.29. The first-order valence-corrected chi connectivity index (χ1v) is 11.4. The molecule has 0 fully saturated rings. The van der Waals surface area contributed by atoms with Crippen LogP contribution in [-0.4, -0.2) is 26.0 Å². The molecule has 0 aromatic heterocycles. The SMILES string of the molecule is CCCCC/C=N/OCCCCCOc1c(C)cc(OCC=C(Cl)Cl)cc1CC. The van der Waals surface area contributed by atoms with Crippen LogP contribution in [0.5, 0.6) is 11.5 Å². The summed E-state index contributed by atoms with van der Waals surface area (Å²) in [5.74, 6) is 1.75. The quantitative estimate of drug-likeness (QED) is 0.152. The molecule has 164 valence electrons. The van der Waals surface area contributed by atoms with Gasteiger partial charge in [-0.15, -0.1) is 0 Å². The van der Waals surface area contributed by atoms with Gasteiger partial charge >= 0.3 is 0 Å². The second-order valence-electron chi connectivity index (χ2n) is 6.91. The molecule has 6 heteroatoms. The largest absolute Gasteiger partial charge is 0.493 e. The van der Waals surface area contributed by atoms with Gasteiger partial charge in [-0.25, -0.2) is 0 Å². The lowest BCUT2D eigenvalue weighted by Gasteiger charge is -2.15. The van der Waals surface area contributed by atoms with E-state index in [9.17, 15) is 0 Å². The highest BCUT2D eigenvalue weighted by molar-refractivity contribution is 6.55. The molecule has 0 unspecified atom stereocenters. The van der Waals surface area contributed by atoms with E-state index in [1.54, 1.807) is 6.08 Å². The van der Waals surface area contributed by atoms with Gasteiger partial charge in [0.2, 0.25) is 0 Å². The summed E-state index contributed by atoms with van der Waals surface area (Å²) in [6.45, 7) is 8.05. The number of hydrogen-bond donors (Lipinski definition) is 0. The Morgan fingerprint density at radius 2 is 1.79 bits per heavy atom. The van der Waals surface area contributed by atoms with Gasteiger partial charge in [0.1, 0.15) is 29.2 Å². The maximum Gasteiger partial charge on any atom is 0.125 e. The predicted octanol–water partition coefficient (Wildman–Crippen LogP) is 7.39. The van der Waals surface area contributed by atoms with Crippen molar-refractivity contribution in [1.29, 1.82) is 0 Å². The van der Waals surface area contributed by atoms with Crippen molar-refractivity contribution in [3.8, 4) is 11.5 Å². The number of aryl methyl sites for hydroxylation is 2. The number of benzene rings is 1. The molecule has 0 amide bonds. The van der Waals surface area contributed by atoms with Crippen LogP contribution in [0.2, 0.25) is 0 Å². The van der Waals surface area contributed by atoms with E-state index in [2.05, 4.69) is 19.0 Å². The number of halogens is 2. The molecular weight excluding hydrogens is 409 g/mol. The molecule has 1 rings (SSSR count). The van der Waals surface area contributed by atoms with Crippen molar-refractivity contribution in [3.63, 3.8) is 0 Å². The summed E-state index contributed by atoms with van der Waals surface area (Å²) in [4.78, 5) is 5.29. The van der Waals surface area contributed by atoms with E-state index >= 15 is 0 Å². The molecule has 0 saturated heterocycles. The van der Waals surface area contributed by atoms with Gasteiger partial charge in [-0.1, -0.05) is 55.0 Å². The zero-order chi connectivity index (χ0) is 21.3. The number of unbranched alkanes of at least 4 members (excludes halogenated alkanes) is 5. The first kappa shape index (κ1) is 25.6. The molecular formula is C23H35Cl2NO3. The van der Waals surface area contributed by atoms with Crippen molar-refractivity contribution in [2.24, 2.45) is 5.16 Å². The van der Waals surface area contributed by atoms with E-state index in [4.69, 9.17) is 37.5 Å².